The number of rotatable bonds is 4. The van der Waals surface area contributed by atoms with Gasteiger partial charge in [0.25, 0.3) is 5.91 Å². The summed E-state index contributed by atoms with van der Waals surface area (Å²) in [5, 5.41) is 6.94. The van der Waals surface area contributed by atoms with Crippen molar-refractivity contribution in [3.8, 4) is 5.69 Å². The van der Waals surface area contributed by atoms with Gasteiger partial charge in [-0.25, -0.2) is 9.48 Å². The van der Waals surface area contributed by atoms with Crippen LogP contribution in [0.15, 0.2) is 67.1 Å². The van der Waals surface area contributed by atoms with Gasteiger partial charge in [-0.05, 0) is 42.8 Å². The lowest BCUT2D eigenvalue weighted by molar-refractivity contribution is -0.131. The van der Waals surface area contributed by atoms with Gasteiger partial charge in [0, 0.05) is 18.6 Å². The van der Waals surface area contributed by atoms with Gasteiger partial charge in [-0.1, -0.05) is 18.2 Å². The summed E-state index contributed by atoms with van der Waals surface area (Å²) >= 11 is 0. The minimum absolute atomic E-state index is 0.201. The first-order chi connectivity index (χ1) is 12.6. The van der Waals surface area contributed by atoms with E-state index in [0.717, 1.165) is 11.3 Å². The van der Waals surface area contributed by atoms with Crippen LogP contribution in [-0.4, -0.2) is 31.6 Å². The van der Waals surface area contributed by atoms with Crippen LogP contribution in [0, 0.1) is 0 Å². The molecular formula is C19H17N5O2. The molecule has 2 aromatic heterocycles. The molecular weight excluding hydrogens is 330 g/mol. The van der Waals surface area contributed by atoms with Crippen LogP contribution in [0.3, 0.4) is 0 Å². The number of carbonyl (C=O) groups excluding carboxylic acids is 2. The van der Waals surface area contributed by atoms with Crippen molar-refractivity contribution in [3.05, 3.63) is 78.4 Å². The number of nitrogens with one attached hydrogen (secondary N) is 1. The molecule has 0 saturated carbocycles. The smallest absolute Gasteiger partial charge is 0.318 e. The number of imide groups is 1. The third kappa shape index (κ3) is 2.63. The first kappa shape index (κ1) is 16.0. The topological polar surface area (TPSA) is 80.1 Å². The first-order valence-electron chi connectivity index (χ1n) is 8.22. The summed E-state index contributed by atoms with van der Waals surface area (Å²) < 4.78 is 1.75. The summed E-state index contributed by atoms with van der Waals surface area (Å²) in [6.07, 6.45) is 5.17. The lowest BCUT2D eigenvalue weighted by Gasteiger charge is -2.21. The van der Waals surface area contributed by atoms with E-state index in [1.54, 1.807) is 42.2 Å². The Hall–Kier alpha value is -3.48. The van der Waals surface area contributed by atoms with Crippen LogP contribution in [0.2, 0.25) is 0 Å². The molecule has 0 bridgehead atoms. The molecule has 0 aliphatic carbocycles. The predicted octanol–water partition coefficient (Wildman–Crippen LogP) is 2.23. The number of hydrogen-bond acceptors (Lipinski definition) is 4. The van der Waals surface area contributed by atoms with Crippen LogP contribution in [0.4, 0.5) is 4.79 Å². The standard InChI is InChI=1S/C19H17N5O2/c1-19(16-5-2-3-10-20-16)17(25)23(18(26)22-19)13-14-6-8-15(9-7-14)24-12-4-11-21-24/h2-12H,13H2,1H3,(H,22,26). The van der Waals surface area contributed by atoms with Gasteiger partial charge in [0.05, 0.1) is 17.9 Å². The second-order valence-electron chi connectivity index (χ2n) is 6.28. The SMILES string of the molecule is CC1(c2ccccn2)NC(=O)N(Cc2ccc(-n3cccn3)cc2)C1=O. The molecule has 3 amide bonds. The third-order valence-corrected chi connectivity index (χ3v) is 4.50. The lowest BCUT2D eigenvalue weighted by Crippen LogP contribution is -2.41. The second kappa shape index (κ2) is 6.11. The second-order valence-corrected chi connectivity index (χ2v) is 6.28. The maximum Gasteiger partial charge on any atom is 0.325 e. The molecule has 1 aliphatic heterocycles. The summed E-state index contributed by atoms with van der Waals surface area (Å²) in [7, 11) is 0. The molecule has 7 heteroatoms. The fourth-order valence-electron chi connectivity index (χ4n) is 3.03. The van der Waals surface area contributed by atoms with Crippen LogP contribution >= 0.6 is 0 Å². The normalized spacial score (nSPS) is 19.7. The van der Waals surface area contributed by atoms with Gasteiger partial charge in [0.2, 0.25) is 0 Å². The number of aromatic nitrogens is 3. The Morgan fingerprint density at radius 3 is 2.50 bits per heavy atom. The zero-order valence-electron chi connectivity index (χ0n) is 14.2. The van der Waals surface area contributed by atoms with Gasteiger partial charge in [-0.15, -0.1) is 0 Å². The van der Waals surface area contributed by atoms with E-state index >= 15 is 0 Å². The Morgan fingerprint density at radius 2 is 1.85 bits per heavy atom. The molecule has 1 unspecified atom stereocenters. The van der Waals surface area contributed by atoms with Gasteiger partial charge in [-0.2, -0.15) is 5.10 Å². The quantitative estimate of drug-likeness (QED) is 0.734. The molecule has 1 saturated heterocycles. The minimum Gasteiger partial charge on any atom is -0.318 e. The van der Waals surface area contributed by atoms with E-state index < -0.39 is 11.6 Å². The number of carbonyl (C=O) groups is 2. The molecule has 7 nitrogen and oxygen atoms in total. The highest BCUT2D eigenvalue weighted by Crippen LogP contribution is 2.28. The Morgan fingerprint density at radius 1 is 1.04 bits per heavy atom. The number of pyridine rings is 1. The van der Waals surface area contributed by atoms with Crippen molar-refractivity contribution in [1.82, 2.24) is 25.0 Å². The molecule has 4 rings (SSSR count). The summed E-state index contributed by atoms with van der Waals surface area (Å²) in [5.41, 5.74) is 1.15. The number of benzene rings is 1. The molecule has 0 radical (unpaired) electrons. The van der Waals surface area contributed by atoms with Crippen molar-refractivity contribution in [1.29, 1.82) is 0 Å². The van der Waals surface area contributed by atoms with Crippen molar-refractivity contribution in [2.45, 2.75) is 19.0 Å². The van der Waals surface area contributed by atoms with Gasteiger partial charge < -0.3 is 5.32 Å². The maximum atomic E-state index is 12.9. The van der Waals surface area contributed by atoms with Crippen molar-refractivity contribution >= 4 is 11.9 Å². The van der Waals surface area contributed by atoms with Crippen LogP contribution in [-0.2, 0) is 16.9 Å². The Balaban J connectivity index is 1.55. The number of nitrogens with zero attached hydrogens (tertiary/aromatic N) is 4. The van der Waals surface area contributed by atoms with E-state index in [0.29, 0.717) is 5.69 Å². The highest BCUT2D eigenvalue weighted by Gasteiger charge is 2.49. The van der Waals surface area contributed by atoms with Crippen LogP contribution in [0.5, 0.6) is 0 Å². The third-order valence-electron chi connectivity index (χ3n) is 4.50. The number of amides is 3. The monoisotopic (exact) mass is 347 g/mol. The maximum absolute atomic E-state index is 12.9. The van der Waals surface area contributed by atoms with E-state index in [1.165, 1.54) is 4.90 Å². The minimum atomic E-state index is -1.15. The Bertz CT molecular complexity index is 938. The summed E-state index contributed by atoms with van der Waals surface area (Å²) in [6, 6.07) is 14.3. The molecule has 1 aromatic carbocycles. The number of hydrogen-bond donors (Lipinski definition) is 1. The number of urea groups is 1. The fraction of sp³-hybridized carbons (Fsp3) is 0.158. The highest BCUT2D eigenvalue weighted by molar-refractivity contribution is 6.06. The molecule has 1 fully saturated rings. The Kier molecular flexibility index (Phi) is 3.76. The molecule has 0 spiro atoms. The summed E-state index contributed by atoms with van der Waals surface area (Å²) in [6.45, 7) is 1.88. The van der Waals surface area contributed by atoms with E-state index in [4.69, 9.17) is 0 Å². The van der Waals surface area contributed by atoms with Crippen LogP contribution < -0.4 is 5.32 Å². The van der Waals surface area contributed by atoms with Crippen molar-refractivity contribution in [3.63, 3.8) is 0 Å². The average molecular weight is 347 g/mol. The zero-order valence-corrected chi connectivity index (χ0v) is 14.2. The summed E-state index contributed by atoms with van der Waals surface area (Å²) in [5.74, 6) is -0.308. The average Bonchev–Trinajstić information content (AvgIpc) is 3.27. The molecule has 3 heterocycles. The van der Waals surface area contributed by atoms with E-state index in [2.05, 4.69) is 15.4 Å². The zero-order chi connectivity index (χ0) is 18.1. The Labute approximate surface area is 150 Å². The lowest BCUT2D eigenvalue weighted by atomic mass is 9.97. The van der Waals surface area contributed by atoms with E-state index in [9.17, 15) is 9.59 Å². The first-order valence-corrected chi connectivity index (χ1v) is 8.22. The molecule has 1 aliphatic rings. The molecule has 3 aromatic rings. The van der Waals surface area contributed by atoms with Crippen molar-refractivity contribution in [2.24, 2.45) is 0 Å². The van der Waals surface area contributed by atoms with Crippen molar-refractivity contribution < 1.29 is 9.59 Å². The van der Waals surface area contributed by atoms with Crippen LogP contribution in [0.25, 0.3) is 5.69 Å². The molecule has 26 heavy (non-hydrogen) atoms. The van der Waals surface area contributed by atoms with Crippen molar-refractivity contribution in [2.75, 3.05) is 0 Å². The van der Waals surface area contributed by atoms with E-state index in [-0.39, 0.29) is 12.5 Å². The van der Waals surface area contributed by atoms with Gasteiger partial charge in [-0.3, -0.25) is 14.7 Å². The van der Waals surface area contributed by atoms with Gasteiger partial charge in [0.15, 0.2) is 5.54 Å². The van der Waals surface area contributed by atoms with E-state index in [1.807, 2.05) is 36.5 Å². The van der Waals surface area contributed by atoms with Crippen LogP contribution in [0.1, 0.15) is 18.2 Å². The predicted molar refractivity (Wildman–Crippen MR) is 94.2 cm³/mol. The molecule has 1 N–H and O–H groups in total. The molecule has 130 valence electrons. The highest BCUT2D eigenvalue weighted by atomic mass is 16.2. The summed E-state index contributed by atoms with van der Waals surface area (Å²) in [4.78, 5) is 30.7. The molecule has 1 atom stereocenters. The van der Waals surface area contributed by atoms with Gasteiger partial charge >= 0.3 is 6.03 Å². The van der Waals surface area contributed by atoms with Gasteiger partial charge in [0.1, 0.15) is 0 Å². The largest absolute Gasteiger partial charge is 0.325 e. The fourth-order valence-corrected chi connectivity index (χ4v) is 3.03.